The zero-order chi connectivity index (χ0) is 12.4. The van der Waals surface area contributed by atoms with E-state index in [1.807, 2.05) is 13.0 Å². The smallest absolute Gasteiger partial charge is 0.123 e. The lowest BCUT2D eigenvalue weighted by Crippen LogP contribution is -2.33. The van der Waals surface area contributed by atoms with E-state index >= 15 is 0 Å². The normalized spacial score (nSPS) is 29.1. The van der Waals surface area contributed by atoms with Crippen molar-refractivity contribution in [3.8, 4) is 0 Å². The van der Waals surface area contributed by atoms with Gasteiger partial charge in [0.15, 0.2) is 0 Å². The number of hydrogen-bond donors (Lipinski definition) is 1. The molecule has 0 bridgehead atoms. The van der Waals surface area contributed by atoms with E-state index in [1.54, 1.807) is 6.07 Å². The summed E-state index contributed by atoms with van der Waals surface area (Å²) in [6, 6.07) is 5.52. The van der Waals surface area contributed by atoms with Crippen LogP contribution < -0.4 is 5.32 Å². The van der Waals surface area contributed by atoms with Gasteiger partial charge in [-0.2, -0.15) is 0 Å². The Bertz CT molecular complexity index is 389. The molecule has 1 saturated carbocycles. The van der Waals surface area contributed by atoms with E-state index in [0.29, 0.717) is 12.0 Å². The number of rotatable bonds is 2. The van der Waals surface area contributed by atoms with Crippen LogP contribution in [0.4, 0.5) is 10.1 Å². The first-order valence-corrected chi connectivity index (χ1v) is 6.59. The lowest BCUT2D eigenvalue weighted by Gasteiger charge is -2.34. The van der Waals surface area contributed by atoms with Crippen LogP contribution in [0.15, 0.2) is 18.2 Å². The molecular weight excluding hydrogens is 213 g/mol. The second-order valence-electron chi connectivity index (χ2n) is 5.61. The number of aryl methyl sites for hydroxylation is 1. The van der Waals surface area contributed by atoms with Gasteiger partial charge in [0.2, 0.25) is 0 Å². The third kappa shape index (κ3) is 2.99. The van der Waals surface area contributed by atoms with E-state index in [4.69, 9.17) is 0 Å². The van der Waals surface area contributed by atoms with Gasteiger partial charge in [-0.15, -0.1) is 0 Å². The highest BCUT2D eigenvalue weighted by atomic mass is 19.1. The van der Waals surface area contributed by atoms with Crippen molar-refractivity contribution in [3.63, 3.8) is 0 Å². The SMILES string of the molecule is Cc1cc(F)ccc1NC1CCC(C)CC1C. The molecule has 0 heterocycles. The summed E-state index contributed by atoms with van der Waals surface area (Å²) in [5, 5.41) is 3.58. The molecular formula is C15H22FN. The molecule has 3 unspecified atom stereocenters. The monoisotopic (exact) mass is 235 g/mol. The minimum Gasteiger partial charge on any atom is -0.382 e. The van der Waals surface area contributed by atoms with Crippen molar-refractivity contribution in [1.82, 2.24) is 0 Å². The molecule has 1 aliphatic rings. The Labute approximate surface area is 103 Å². The molecule has 1 aromatic rings. The summed E-state index contributed by atoms with van der Waals surface area (Å²) < 4.78 is 13.0. The van der Waals surface area contributed by atoms with Crippen LogP contribution in [0.3, 0.4) is 0 Å². The average molecular weight is 235 g/mol. The molecule has 2 heteroatoms. The maximum absolute atomic E-state index is 13.0. The average Bonchev–Trinajstić information content (AvgIpc) is 2.25. The van der Waals surface area contributed by atoms with Crippen LogP contribution >= 0.6 is 0 Å². The maximum Gasteiger partial charge on any atom is 0.123 e. The van der Waals surface area contributed by atoms with Crippen LogP contribution in [0.1, 0.15) is 38.7 Å². The second-order valence-corrected chi connectivity index (χ2v) is 5.61. The molecule has 1 aromatic carbocycles. The van der Waals surface area contributed by atoms with Gasteiger partial charge in [0.05, 0.1) is 0 Å². The Balaban J connectivity index is 2.05. The lowest BCUT2D eigenvalue weighted by atomic mass is 9.80. The van der Waals surface area contributed by atoms with Gasteiger partial charge in [-0.3, -0.25) is 0 Å². The fraction of sp³-hybridized carbons (Fsp3) is 0.600. The quantitative estimate of drug-likeness (QED) is 0.802. The number of hydrogen-bond acceptors (Lipinski definition) is 1. The molecule has 94 valence electrons. The van der Waals surface area contributed by atoms with Crippen LogP contribution in [0.2, 0.25) is 0 Å². The standard InChI is InChI=1S/C15H22FN/c1-10-4-6-14(11(2)8-10)17-15-7-5-13(16)9-12(15)3/h5,7,9-11,14,17H,4,6,8H2,1-3H3. The summed E-state index contributed by atoms with van der Waals surface area (Å²) >= 11 is 0. The van der Waals surface area contributed by atoms with Crippen molar-refractivity contribution in [2.24, 2.45) is 11.8 Å². The Hall–Kier alpha value is -1.05. The van der Waals surface area contributed by atoms with Crippen LogP contribution in [-0.2, 0) is 0 Å². The minimum absolute atomic E-state index is 0.154. The van der Waals surface area contributed by atoms with E-state index in [2.05, 4.69) is 19.2 Å². The van der Waals surface area contributed by atoms with Crippen molar-refractivity contribution >= 4 is 5.69 Å². The Morgan fingerprint density at radius 3 is 2.65 bits per heavy atom. The highest BCUT2D eigenvalue weighted by Gasteiger charge is 2.25. The van der Waals surface area contributed by atoms with Crippen molar-refractivity contribution in [1.29, 1.82) is 0 Å². The molecule has 1 fully saturated rings. The molecule has 17 heavy (non-hydrogen) atoms. The minimum atomic E-state index is -0.154. The first-order valence-electron chi connectivity index (χ1n) is 6.59. The molecule has 1 aliphatic carbocycles. The van der Waals surface area contributed by atoms with E-state index in [1.165, 1.54) is 25.3 Å². The maximum atomic E-state index is 13.0. The topological polar surface area (TPSA) is 12.0 Å². The van der Waals surface area contributed by atoms with Crippen LogP contribution in [0, 0.1) is 24.6 Å². The first kappa shape index (κ1) is 12.4. The van der Waals surface area contributed by atoms with Gasteiger partial charge >= 0.3 is 0 Å². The van der Waals surface area contributed by atoms with Crippen molar-refractivity contribution < 1.29 is 4.39 Å². The first-order chi connectivity index (χ1) is 8.06. The largest absolute Gasteiger partial charge is 0.382 e. The van der Waals surface area contributed by atoms with Gasteiger partial charge in [-0.25, -0.2) is 4.39 Å². The number of nitrogens with one attached hydrogen (secondary N) is 1. The summed E-state index contributed by atoms with van der Waals surface area (Å²) in [5.74, 6) is 1.39. The van der Waals surface area contributed by atoms with E-state index in [-0.39, 0.29) is 5.82 Å². The summed E-state index contributed by atoms with van der Waals surface area (Å²) in [7, 11) is 0. The van der Waals surface area contributed by atoms with E-state index < -0.39 is 0 Å². The Kier molecular flexibility index (Phi) is 3.70. The van der Waals surface area contributed by atoms with Crippen molar-refractivity contribution in [2.75, 3.05) is 5.32 Å². The van der Waals surface area contributed by atoms with Gasteiger partial charge in [0.1, 0.15) is 5.82 Å². The predicted octanol–water partition coefficient (Wildman–Crippen LogP) is 4.37. The molecule has 0 amide bonds. The molecule has 0 spiro atoms. The fourth-order valence-electron chi connectivity index (χ4n) is 2.87. The zero-order valence-electron chi connectivity index (χ0n) is 11.0. The molecule has 0 aromatic heterocycles. The molecule has 2 rings (SSSR count). The molecule has 1 nitrogen and oxygen atoms in total. The van der Waals surface area contributed by atoms with Gasteiger partial charge in [0.25, 0.3) is 0 Å². The summed E-state index contributed by atoms with van der Waals surface area (Å²) in [6.45, 7) is 6.60. The molecule has 0 aliphatic heterocycles. The summed E-state index contributed by atoms with van der Waals surface area (Å²) in [6.07, 6.45) is 3.80. The van der Waals surface area contributed by atoms with Gasteiger partial charge in [0, 0.05) is 11.7 Å². The molecule has 0 saturated heterocycles. The van der Waals surface area contributed by atoms with Gasteiger partial charge < -0.3 is 5.32 Å². The third-order valence-electron chi connectivity index (χ3n) is 3.96. The molecule has 0 radical (unpaired) electrons. The second kappa shape index (κ2) is 5.07. The third-order valence-corrected chi connectivity index (χ3v) is 3.96. The van der Waals surface area contributed by atoms with Gasteiger partial charge in [-0.05, 0) is 61.8 Å². The van der Waals surface area contributed by atoms with E-state index in [0.717, 1.165) is 17.2 Å². The lowest BCUT2D eigenvalue weighted by molar-refractivity contribution is 0.276. The summed E-state index contributed by atoms with van der Waals surface area (Å²) in [5.41, 5.74) is 2.08. The van der Waals surface area contributed by atoms with E-state index in [9.17, 15) is 4.39 Å². The fourth-order valence-corrected chi connectivity index (χ4v) is 2.87. The highest BCUT2D eigenvalue weighted by molar-refractivity contribution is 5.51. The van der Waals surface area contributed by atoms with Crippen LogP contribution in [0.5, 0.6) is 0 Å². The molecule has 1 N–H and O–H groups in total. The number of halogens is 1. The highest BCUT2D eigenvalue weighted by Crippen LogP contribution is 2.31. The van der Waals surface area contributed by atoms with Crippen LogP contribution in [-0.4, -0.2) is 6.04 Å². The van der Waals surface area contributed by atoms with Crippen LogP contribution in [0.25, 0.3) is 0 Å². The van der Waals surface area contributed by atoms with Crippen molar-refractivity contribution in [2.45, 2.75) is 46.1 Å². The zero-order valence-corrected chi connectivity index (χ0v) is 11.0. The Morgan fingerprint density at radius 1 is 1.24 bits per heavy atom. The Morgan fingerprint density at radius 2 is 2.00 bits per heavy atom. The number of anilines is 1. The van der Waals surface area contributed by atoms with Gasteiger partial charge in [-0.1, -0.05) is 13.8 Å². The predicted molar refractivity (Wildman–Crippen MR) is 70.7 cm³/mol. The van der Waals surface area contributed by atoms with Crippen molar-refractivity contribution in [3.05, 3.63) is 29.6 Å². The number of benzene rings is 1. The summed E-state index contributed by atoms with van der Waals surface area (Å²) in [4.78, 5) is 0. The molecule has 3 atom stereocenters.